The maximum atomic E-state index is 11.9. The van der Waals surface area contributed by atoms with Gasteiger partial charge >= 0.3 is 0 Å². The molecule has 2 aromatic rings. The third-order valence-corrected chi connectivity index (χ3v) is 2.81. The Kier molecular flexibility index (Phi) is 2.95. The van der Waals surface area contributed by atoms with E-state index in [2.05, 4.69) is 15.3 Å². The number of carbonyl (C=O) groups is 1. The fourth-order valence-electron chi connectivity index (χ4n) is 1.60. The molecule has 88 valence electrons. The summed E-state index contributed by atoms with van der Waals surface area (Å²) in [6, 6.07) is 5.83. The SMILES string of the molecule is Cc1ccc(NC(=O)c2nc[nH]c2C)cc1C. The molecule has 0 fully saturated rings. The first-order chi connectivity index (χ1) is 8.08. The lowest BCUT2D eigenvalue weighted by Crippen LogP contribution is -2.13. The number of anilines is 1. The van der Waals surface area contributed by atoms with E-state index < -0.39 is 0 Å². The van der Waals surface area contributed by atoms with Gasteiger partial charge in [0, 0.05) is 11.4 Å². The van der Waals surface area contributed by atoms with E-state index in [1.807, 2.05) is 39.0 Å². The standard InChI is InChI=1S/C13H15N3O/c1-8-4-5-11(6-9(8)2)16-13(17)12-10(3)14-7-15-12/h4-7H,1-3H3,(H,14,15)(H,16,17). The highest BCUT2D eigenvalue weighted by molar-refractivity contribution is 6.03. The van der Waals surface area contributed by atoms with Crippen LogP contribution in [0.5, 0.6) is 0 Å². The molecule has 17 heavy (non-hydrogen) atoms. The van der Waals surface area contributed by atoms with Crippen molar-refractivity contribution in [2.75, 3.05) is 5.32 Å². The van der Waals surface area contributed by atoms with E-state index in [1.165, 1.54) is 11.9 Å². The minimum absolute atomic E-state index is 0.188. The second-order valence-electron chi connectivity index (χ2n) is 4.13. The summed E-state index contributed by atoms with van der Waals surface area (Å²) in [6.45, 7) is 5.88. The van der Waals surface area contributed by atoms with Gasteiger partial charge in [0.25, 0.3) is 5.91 Å². The molecule has 0 saturated heterocycles. The van der Waals surface area contributed by atoms with Gasteiger partial charge in [0.05, 0.1) is 6.33 Å². The number of hydrogen-bond acceptors (Lipinski definition) is 2. The summed E-state index contributed by atoms with van der Waals surface area (Å²) in [6.07, 6.45) is 1.52. The predicted molar refractivity (Wildman–Crippen MR) is 67.2 cm³/mol. The van der Waals surface area contributed by atoms with E-state index in [0.29, 0.717) is 5.69 Å². The van der Waals surface area contributed by atoms with E-state index in [0.717, 1.165) is 16.9 Å². The van der Waals surface area contributed by atoms with Gasteiger partial charge < -0.3 is 10.3 Å². The average molecular weight is 229 g/mol. The summed E-state index contributed by atoms with van der Waals surface area (Å²) in [5, 5.41) is 2.83. The molecular weight excluding hydrogens is 214 g/mol. The molecule has 1 aromatic heterocycles. The van der Waals surface area contributed by atoms with Crippen LogP contribution in [-0.2, 0) is 0 Å². The molecule has 0 bridgehead atoms. The van der Waals surface area contributed by atoms with Crippen molar-refractivity contribution in [1.82, 2.24) is 9.97 Å². The van der Waals surface area contributed by atoms with Crippen LogP contribution in [0.15, 0.2) is 24.5 Å². The van der Waals surface area contributed by atoms with Crippen LogP contribution in [0.4, 0.5) is 5.69 Å². The molecule has 0 aliphatic heterocycles. The fraction of sp³-hybridized carbons (Fsp3) is 0.231. The molecule has 0 radical (unpaired) electrons. The smallest absolute Gasteiger partial charge is 0.276 e. The Morgan fingerprint density at radius 2 is 2.00 bits per heavy atom. The summed E-state index contributed by atoms with van der Waals surface area (Å²) in [5.74, 6) is -0.188. The summed E-state index contributed by atoms with van der Waals surface area (Å²) >= 11 is 0. The first-order valence-electron chi connectivity index (χ1n) is 5.46. The molecule has 0 saturated carbocycles. The van der Waals surface area contributed by atoms with E-state index in [4.69, 9.17) is 0 Å². The maximum Gasteiger partial charge on any atom is 0.276 e. The summed E-state index contributed by atoms with van der Waals surface area (Å²) in [5.41, 5.74) is 4.36. The van der Waals surface area contributed by atoms with Gasteiger partial charge in [0.15, 0.2) is 0 Å². The highest BCUT2D eigenvalue weighted by Crippen LogP contribution is 2.15. The zero-order valence-electron chi connectivity index (χ0n) is 10.2. The van der Waals surface area contributed by atoms with E-state index in [9.17, 15) is 4.79 Å². The van der Waals surface area contributed by atoms with Crippen LogP contribution in [0.25, 0.3) is 0 Å². The molecule has 0 aliphatic carbocycles. The Balaban J connectivity index is 2.19. The van der Waals surface area contributed by atoms with Crippen molar-refractivity contribution in [1.29, 1.82) is 0 Å². The first kappa shape index (κ1) is 11.4. The molecule has 1 heterocycles. The van der Waals surface area contributed by atoms with Crippen molar-refractivity contribution in [2.24, 2.45) is 0 Å². The van der Waals surface area contributed by atoms with Crippen molar-refractivity contribution in [2.45, 2.75) is 20.8 Å². The van der Waals surface area contributed by atoms with Gasteiger partial charge in [-0.05, 0) is 44.0 Å². The number of aromatic amines is 1. The van der Waals surface area contributed by atoms with E-state index in [1.54, 1.807) is 0 Å². The van der Waals surface area contributed by atoms with Crippen molar-refractivity contribution in [3.63, 3.8) is 0 Å². The van der Waals surface area contributed by atoms with E-state index >= 15 is 0 Å². The van der Waals surface area contributed by atoms with Crippen LogP contribution in [0.2, 0.25) is 0 Å². The third kappa shape index (κ3) is 2.36. The van der Waals surface area contributed by atoms with Crippen LogP contribution in [0.3, 0.4) is 0 Å². The van der Waals surface area contributed by atoms with Gasteiger partial charge in [-0.25, -0.2) is 4.98 Å². The van der Waals surface area contributed by atoms with E-state index in [-0.39, 0.29) is 5.91 Å². The van der Waals surface area contributed by atoms with Gasteiger partial charge in [0.1, 0.15) is 5.69 Å². The van der Waals surface area contributed by atoms with Gasteiger partial charge in [0.2, 0.25) is 0 Å². The van der Waals surface area contributed by atoms with Crippen molar-refractivity contribution >= 4 is 11.6 Å². The highest BCUT2D eigenvalue weighted by Gasteiger charge is 2.11. The normalized spacial score (nSPS) is 10.3. The Bertz CT molecular complexity index is 558. The predicted octanol–water partition coefficient (Wildman–Crippen LogP) is 2.59. The van der Waals surface area contributed by atoms with Crippen LogP contribution in [0.1, 0.15) is 27.3 Å². The average Bonchev–Trinajstić information content (AvgIpc) is 2.70. The zero-order chi connectivity index (χ0) is 12.4. The van der Waals surface area contributed by atoms with Gasteiger partial charge in [-0.2, -0.15) is 0 Å². The molecule has 0 spiro atoms. The molecule has 2 N–H and O–H groups in total. The van der Waals surface area contributed by atoms with Crippen molar-refractivity contribution < 1.29 is 4.79 Å². The number of aryl methyl sites for hydroxylation is 3. The lowest BCUT2D eigenvalue weighted by Gasteiger charge is -2.06. The maximum absolute atomic E-state index is 11.9. The minimum atomic E-state index is -0.188. The van der Waals surface area contributed by atoms with Crippen molar-refractivity contribution in [3.05, 3.63) is 47.0 Å². The minimum Gasteiger partial charge on any atom is -0.348 e. The Morgan fingerprint density at radius 1 is 1.24 bits per heavy atom. The fourth-order valence-corrected chi connectivity index (χ4v) is 1.60. The monoisotopic (exact) mass is 229 g/mol. The molecule has 0 unspecified atom stereocenters. The summed E-state index contributed by atoms with van der Waals surface area (Å²) in [4.78, 5) is 18.8. The Morgan fingerprint density at radius 3 is 2.59 bits per heavy atom. The molecule has 0 atom stereocenters. The molecule has 0 aliphatic rings. The zero-order valence-corrected chi connectivity index (χ0v) is 10.2. The van der Waals surface area contributed by atoms with Crippen LogP contribution >= 0.6 is 0 Å². The molecule has 4 heteroatoms. The number of benzene rings is 1. The first-order valence-corrected chi connectivity index (χ1v) is 5.46. The quantitative estimate of drug-likeness (QED) is 0.831. The number of imidazole rings is 1. The number of nitrogens with zero attached hydrogens (tertiary/aromatic N) is 1. The number of rotatable bonds is 2. The number of carbonyl (C=O) groups excluding carboxylic acids is 1. The van der Waals surface area contributed by atoms with Crippen molar-refractivity contribution in [3.8, 4) is 0 Å². The second kappa shape index (κ2) is 4.41. The van der Waals surface area contributed by atoms with Gasteiger partial charge in [-0.15, -0.1) is 0 Å². The topological polar surface area (TPSA) is 57.8 Å². The molecule has 1 aromatic carbocycles. The third-order valence-electron chi connectivity index (χ3n) is 2.81. The van der Waals surface area contributed by atoms with Crippen LogP contribution < -0.4 is 5.32 Å². The van der Waals surface area contributed by atoms with Gasteiger partial charge in [-0.3, -0.25) is 4.79 Å². The summed E-state index contributed by atoms with van der Waals surface area (Å²) in [7, 11) is 0. The van der Waals surface area contributed by atoms with Crippen LogP contribution in [-0.4, -0.2) is 15.9 Å². The highest BCUT2D eigenvalue weighted by atomic mass is 16.1. The Labute approximate surface area is 100 Å². The molecule has 1 amide bonds. The molecule has 4 nitrogen and oxygen atoms in total. The number of hydrogen-bond donors (Lipinski definition) is 2. The lowest BCUT2D eigenvalue weighted by atomic mass is 10.1. The number of nitrogens with one attached hydrogen (secondary N) is 2. The summed E-state index contributed by atoms with van der Waals surface area (Å²) < 4.78 is 0. The Hall–Kier alpha value is -2.10. The molecule has 2 rings (SSSR count). The van der Waals surface area contributed by atoms with Gasteiger partial charge in [-0.1, -0.05) is 6.07 Å². The number of H-pyrrole nitrogens is 1. The largest absolute Gasteiger partial charge is 0.348 e. The number of amides is 1. The lowest BCUT2D eigenvalue weighted by molar-refractivity contribution is 0.102. The number of aromatic nitrogens is 2. The second-order valence-corrected chi connectivity index (χ2v) is 4.13. The van der Waals surface area contributed by atoms with Crippen LogP contribution in [0, 0.1) is 20.8 Å². The molecular formula is C13H15N3O.